The Labute approximate surface area is 123 Å². The molecule has 2 heterocycles. The molecular weight excluding hydrogens is 268 g/mol. The molecule has 0 radical (unpaired) electrons. The van der Waals surface area contributed by atoms with Gasteiger partial charge in [-0.05, 0) is 12.1 Å². The van der Waals surface area contributed by atoms with Gasteiger partial charge in [0.2, 0.25) is 11.8 Å². The van der Waals surface area contributed by atoms with Crippen LogP contribution in [0.2, 0.25) is 0 Å². The maximum absolute atomic E-state index is 12.1. The van der Waals surface area contributed by atoms with Crippen LogP contribution in [0.25, 0.3) is 11.5 Å². The van der Waals surface area contributed by atoms with E-state index in [1.807, 2.05) is 42.2 Å². The third-order valence-corrected chi connectivity index (χ3v) is 3.51. The highest BCUT2D eigenvalue weighted by molar-refractivity contribution is 5.98. The summed E-state index contributed by atoms with van der Waals surface area (Å²) in [5, 5.41) is 0. The first kappa shape index (κ1) is 13.8. The number of carbonyl (C=O) groups is 1. The SMILES string of the molecule is CCC(=O)c1nc(-c2ccccc2)oc1N1CCOCC1. The summed E-state index contributed by atoms with van der Waals surface area (Å²) >= 11 is 0. The van der Waals surface area contributed by atoms with Crippen LogP contribution >= 0.6 is 0 Å². The number of hydrogen-bond acceptors (Lipinski definition) is 5. The van der Waals surface area contributed by atoms with Crippen molar-refractivity contribution in [2.75, 3.05) is 31.2 Å². The molecule has 0 bridgehead atoms. The molecule has 1 aromatic carbocycles. The minimum Gasteiger partial charge on any atom is -0.420 e. The van der Waals surface area contributed by atoms with Crippen LogP contribution in [0, 0.1) is 0 Å². The highest BCUT2D eigenvalue weighted by Gasteiger charge is 2.25. The number of ketones is 1. The van der Waals surface area contributed by atoms with Gasteiger partial charge in [0.25, 0.3) is 0 Å². The second-order valence-electron chi connectivity index (χ2n) is 4.91. The van der Waals surface area contributed by atoms with Gasteiger partial charge < -0.3 is 14.1 Å². The van der Waals surface area contributed by atoms with Crippen LogP contribution in [-0.2, 0) is 4.74 Å². The van der Waals surface area contributed by atoms with Crippen molar-refractivity contribution in [3.63, 3.8) is 0 Å². The number of anilines is 1. The van der Waals surface area contributed by atoms with Crippen molar-refractivity contribution in [3.8, 4) is 11.5 Å². The Morgan fingerprint density at radius 2 is 1.95 bits per heavy atom. The fourth-order valence-electron chi connectivity index (χ4n) is 2.35. The Hall–Kier alpha value is -2.14. The Bertz CT molecular complexity index is 616. The molecule has 0 atom stereocenters. The topological polar surface area (TPSA) is 55.6 Å². The van der Waals surface area contributed by atoms with E-state index in [-0.39, 0.29) is 5.78 Å². The van der Waals surface area contributed by atoms with Crippen molar-refractivity contribution in [1.29, 1.82) is 0 Å². The van der Waals surface area contributed by atoms with E-state index in [0.29, 0.717) is 50.2 Å². The fourth-order valence-corrected chi connectivity index (χ4v) is 2.35. The van der Waals surface area contributed by atoms with Crippen LogP contribution < -0.4 is 4.90 Å². The molecule has 0 saturated carbocycles. The number of nitrogens with zero attached hydrogens (tertiary/aromatic N) is 2. The van der Waals surface area contributed by atoms with Crippen LogP contribution in [0.4, 0.5) is 5.88 Å². The number of hydrogen-bond donors (Lipinski definition) is 0. The smallest absolute Gasteiger partial charge is 0.229 e. The zero-order chi connectivity index (χ0) is 14.7. The Kier molecular flexibility index (Phi) is 4.01. The number of morpholine rings is 1. The molecule has 21 heavy (non-hydrogen) atoms. The number of aromatic nitrogens is 1. The molecule has 0 unspecified atom stereocenters. The molecule has 110 valence electrons. The Balaban J connectivity index is 2.00. The third-order valence-electron chi connectivity index (χ3n) is 3.51. The summed E-state index contributed by atoms with van der Waals surface area (Å²) in [5.41, 5.74) is 1.31. The van der Waals surface area contributed by atoms with Gasteiger partial charge in [0.15, 0.2) is 11.5 Å². The predicted octanol–water partition coefficient (Wildman–Crippen LogP) is 2.77. The first-order chi connectivity index (χ1) is 10.3. The molecule has 0 amide bonds. The van der Waals surface area contributed by atoms with Gasteiger partial charge in [0.1, 0.15) is 0 Å². The molecule has 1 fully saturated rings. The van der Waals surface area contributed by atoms with Crippen LogP contribution in [-0.4, -0.2) is 37.1 Å². The molecule has 0 aliphatic carbocycles. The van der Waals surface area contributed by atoms with E-state index in [4.69, 9.17) is 9.15 Å². The van der Waals surface area contributed by atoms with Gasteiger partial charge in [-0.2, -0.15) is 0 Å². The lowest BCUT2D eigenvalue weighted by Gasteiger charge is -2.26. The molecule has 2 aromatic rings. The summed E-state index contributed by atoms with van der Waals surface area (Å²) < 4.78 is 11.3. The van der Waals surface area contributed by atoms with E-state index in [2.05, 4.69) is 4.98 Å². The number of ether oxygens (including phenoxy) is 1. The highest BCUT2D eigenvalue weighted by Crippen LogP contribution is 2.29. The predicted molar refractivity (Wildman–Crippen MR) is 79.6 cm³/mol. The second-order valence-corrected chi connectivity index (χ2v) is 4.91. The summed E-state index contributed by atoms with van der Waals surface area (Å²) in [4.78, 5) is 18.6. The molecule has 3 rings (SSSR count). The summed E-state index contributed by atoms with van der Waals surface area (Å²) in [6.45, 7) is 4.55. The largest absolute Gasteiger partial charge is 0.420 e. The lowest BCUT2D eigenvalue weighted by molar-refractivity contribution is 0.0981. The standard InChI is InChI=1S/C16H18N2O3/c1-2-13(19)14-16(18-8-10-20-11-9-18)21-15(17-14)12-6-4-3-5-7-12/h3-7H,2,8-11H2,1H3. The second kappa shape index (κ2) is 6.10. The van der Waals surface area contributed by atoms with E-state index in [1.54, 1.807) is 0 Å². The van der Waals surface area contributed by atoms with Gasteiger partial charge >= 0.3 is 0 Å². The summed E-state index contributed by atoms with van der Waals surface area (Å²) in [5.74, 6) is 1.07. The van der Waals surface area contributed by atoms with Gasteiger partial charge in [-0.1, -0.05) is 25.1 Å². The average molecular weight is 286 g/mol. The zero-order valence-electron chi connectivity index (χ0n) is 12.0. The van der Waals surface area contributed by atoms with E-state index in [0.717, 1.165) is 5.56 Å². The molecule has 0 spiro atoms. The number of rotatable bonds is 4. The van der Waals surface area contributed by atoms with Gasteiger partial charge in [-0.15, -0.1) is 0 Å². The van der Waals surface area contributed by atoms with Crippen LogP contribution in [0.15, 0.2) is 34.7 Å². The minimum atomic E-state index is 0.00224. The van der Waals surface area contributed by atoms with E-state index in [9.17, 15) is 4.79 Å². The van der Waals surface area contributed by atoms with Crippen LogP contribution in [0.3, 0.4) is 0 Å². The van der Waals surface area contributed by atoms with Gasteiger partial charge in [-0.25, -0.2) is 4.98 Å². The number of oxazole rings is 1. The normalized spacial score (nSPS) is 15.2. The molecule has 1 aliphatic rings. The Morgan fingerprint density at radius 1 is 1.24 bits per heavy atom. The third kappa shape index (κ3) is 2.83. The lowest BCUT2D eigenvalue weighted by Crippen LogP contribution is -2.36. The molecule has 1 saturated heterocycles. The molecule has 1 aromatic heterocycles. The maximum atomic E-state index is 12.1. The summed E-state index contributed by atoms with van der Waals surface area (Å²) in [6.07, 6.45) is 0.415. The van der Waals surface area contributed by atoms with Gasteiger partial charge in [0.05, 0.1) is 13.2 Å². The van der Waals surface area contributed by atoms with Crippen molar-refractivity contribution in [1.82, 2.24) is 4.98 Å². The van der Waals surface area contributed by atoms with E-state index < -0.39 is 0 Å². The van der Waals surface area contributed by atoms with Crippen molar-refractivity contribution < 1.29 is 13.9 Å². The minimum absolute atomic E-state index is 0.00224. The molecule has 0 N–H and O–H groups in total. The molecule has 5 heteroatoms. The zero-order valence-corrected chi connectivity index (χ0v) is 12.0. The molecular formula is C16H18N2O3. The number of Topliss-reactive ketones (excluding diaryl/α,β-unsaturated/α-hetero) is 1. The highest BCUT2D eigenvalue weighted by atomic mass is 16.5. The monoisotopic (exact) mass is 286 g/mol. The van der Waals surface area contributed by atoms with E-state index >= 15 is 0 Å². The maximum Gasteiger partial charge on any atom is 0.229 e. The van der Waals surface area contributed by atoms with Crippen molar-refractivity contribution in [2.24, 2.45) is 0 Å². The lowest BCUT2D eigenvalue weighted by atomic mass is 10.2. The first-order valence-electron chi connectivity index (χ1n) is 7.21. The number of carbonyl (C=O) groups excluding carboxylic acids is 1. The first-order valence-corrected chi connectivity index (χ1v) is 7.21. The molecule has 1 aliphatic heterocycles. The van der Waals surface area contributed by atoms with Crippen molar-refractivity contribution in [2.45, 2.75) is 13.3 Å². The summed E-state index contributed by atoms with van der Waals surface area (Å²) in [6, 6.07) is 9.64. The van der Waals surface area contributed by atoms with E-state index in [1.165, 1.54) is 0 Å². The Morgan fingerprint density at radius 3 is 2.62 bits per heavy atom. The molecule has 5 nitrogen and oxygen atoms in total. The number of benzene rings is 1. The van der Waals surface area contributed by atoms with Crippen LogP contribution in [0.1, 0.15) is 23.8 Å². The van der Waals surface area contributed by atoms with Gasteiger partial charge in [-0.3, -0.25) is 4.79 Å². The fraction of sp³-hybridized carbons (Fsp3) is 0.375. The van der Waals surface area contributed by atoms with Crippen molar-refractivity contribution in [3.05, 3.63) is 36.0 Å². The quantitative estimate of drug-likeness (QED) is 0.809. The van der Waals surface area contributed by atoms with Crippen molar-refractivity contribution >= 4 is 11.7 Å². The van der Waals surface area contributed by atoms with Crippen LogP contribution in [0.5, 0.6) is 0 Å². The summed E-state index contributed by atoms with van der Waals surface area (Å²) in [7, 11) is 0. The van der Waals surface area contributed by atoms with Gasteiger partial charge in [0, 0.05) is 25.1 Å². The average Bonchev–Trinajstić information content (AvgIpc) is 3.01.